The van der Waals surface area contributed by atoms with E-state index in [1.807, 2.05) is 6.92 Å². The molecule has 0 spiro atoms. The molecule has 0 aliphatic carbocycles. The summed E-state index contributed by atoms with van der Waals surface area (Å²) in [5.74, 6) is -0.307. The van der Waals surface area contributed by atoms with E-state index in [0.717, 1.165) is 6.42 Å². The van der Waals surface area contributed by atoms with E-state index in [1.165, 1.54) is 21.1 Å². The number of hydrogen-bond donors (Lipinski definition) is 1. The van der Waals surface area contributed by atoms with Crippen LogP contribution in [0.25, 0.3) is 0 Å². The Labute approximate surface area is 84.7 Å². The molecule has 5 nitrogen and oxygen atoms in total. The first-order chi connectivity index (χ1) is 6.51. The highest BCUT2D eigenvalue weighted by Gasteiger charge is 2.35. The van der Waals surface area contributed by atoms with Gasteiger partial charge in [-0.1, -0.05) is 6.92 Å². The van der Waals surface area contributed by atoms with Crippen molar-refractivity contribution >= 4 is 13.5 Å². The molecule has 84 valence electrons. The van der Waals surface area contributed by atoms with Crippen molar-refractivity contribution < 1.29 is 18.4 Å². The first kappa shape index (κ1) is 13.6. The number of carbonyl (C=O) groups is 1. The van der Waals surface area contributed by atoms with Crippen LogP contribution in [0.1, 0.15) is 20.3 Å². The first-order valence-electron chi connectivity index (χ1n) is 4.50. The maximum absolute atomic E-state index is 11.7. The van der Waals surface area contributed by atoms with E-state index in [2.05, 4.69) is 5.32 Å². The monoisotopic (exact) mass is 223 g/mol. The first-order valence-corrected chi connectivity index (χ1v) is 6.12. The number of amides is 1. The molecular weight excluding hydrogens is 205 g/mol. The highest BCUT2D eigenvalue weighted by molar-refractivity contribution is 7.55. The molecule has 6 heteroatoms. The van der Waals surface area contributed by atoms with Gasteiger partial charge in [0.15, 0.2) is 0 Å². The van der Waals surface area contributed by atoms with Crippen molar-refractivity contribution in [2.24, 2.45) is 0 Å². The zero-order chi connectivity index (χ0) is 11.2. The minimum absolute atomic E-state index is 0.307. The van der Waals surface area contributed by atoms with Crippen LogP contribution in [0, 0.1) is 0 Å². The second kappa shape index (κ2) is 6.17. The van der Waals surface area contributed by atoms with Gasteiger partial charge in [-0.15, -0.1) is 0 Å². The van der Waals surface area contributed by atoms with E-state index < -0.39 is 13.3 Å². The molecule has 0 aromatic rings. The van der Waals surface area contributed by atoms with E-state index in [1.54, 1.807) is 0 Å². The fourth-order valence-corrected chi connectivity index (χ4v) is 2.09. The van der Waals surface area contributed by atoms with Crippen molar-refractivity contribution in [2.45, 2.75) is 25.9 Å². The van der Waals surface area contributed by atoms with Crippen molar-refractivity contribution in [3.05, 3.63) is 0 Å². The second-order valence-corrected chi connectivity index (χ2v) is 5.46. The second-order valence-electron chi connectivity index (χ2n) is 2.87. The summed E-state index contributed by atoms with van der Waals surface area (Å²) in [6.45, 7) is 4.03. The quantitative estimate of drug-likeness (QED) is 0.691. The van der Waals surface area contributed by atoms with Gasteiger partial charge in [-0.2, -0.15) is 0 Å². The average molecular weight is 223 g/mol. The van der Waals surface area contributed by atoms with Gasteiger partial charge in [-0.25, -0.2) is 0 Å². The lowest BCUT2D eigenvalue weighted by Crippen LogP contribution is -2.33. The van der Waals surface area contributed by atoms with Crippen molar-refractivity contribution in [3.63, 3.8) is 0 Å². The molecule has 0 aromatic heterocycles. The minimum Gasteiger partial charge on any atom is -0.355 e. The van der Waals surface area contributed by atoms with Gasteiger partial charge in [-0.3, -0.25) is 9.36 Å². The fourth-order valence-electron chi connectivity index (χ4n) is 0.930. The van der Waals surface area contributed by atoms with Gasteiger partial charge in [0.2, 0.25) is 5.91 Å². The van der Waals surface area contributed by atoms with Gasteiger partial charge < -0.3 is 14.4 Å². The predicted molar refractivity (Wildman–Crippen MR) is 54.4 cm³/mol. The highest BCUT2D eigenvalue weighted by Crippen LogP contribution is 2.51. The molecule has 1 amide bonds. The molecule has 0 bridgehead atoms. The third kappa shape index (κ3) is 3.40. The Morgan fingerprint density at radius 2 is 1.93 bits per heavy atom. The fraction of sp³-hybridized carbons (Fsp3) is 0.875. The van der Waals surface area contributed by atoms with Gasteiger partial charge in [0.25, 0.3) is 0 Å². The molecule has 0 saturated heterocycles. The normalized spacial score (nSPS) is 13.7. The van der Waals surface area contributed by atoms with Gasteiger partial charge in [-0.05, 0) is 13.3 Å². The van der Waals surface area contributed by atoms with E-state index in [4.69, 9.17) is 9.05 Å². The molecule has 0 aliphatic heterocycles. The summed E-state index contributed by atoms with van der Waals surface area (Å²) < 4.78 is 21.2. The summed E-state index contributed by atoms with van der Waals surface area (Å²) >= 11 is 0. The number of rotatable bonds is 6. The molecule has 0 rings (SSSR count). The van der Waals surface area contributed by atoms with Crippen molar-refractivity contribution in [2.75, 3.05) is 20.8 Å². The van der Waals surface area contributed by atoms with E-state index >= 15 is 0 Å². The summed E-state index contributed by atoms with van der Waals surface area (Å²) in [6.07, 6.45) is 0.836. The summed E-state index contributed by atoms with van der Waals surface area (Å²) in [6, 6.07) is 0. The highest BCUT2D eigenvalue weighted by atomic mass is 31.2. The average Bonchev–Trinajstić information content (AvgIpc) is 2.23. The molecule has 1 unspecified atom stereocenters. The maximum atomic E-state index is 11.7. The lowest BCUT2D eigenvalue weighted by molar-refractivity contribution is -0.120. The van der Waals surface area contributed by atoms with Crippen LogP contribution in [0.4, 0.5) is 0 Å². The molecule has 0 aromatic carbocycles. The van der Waals surface area contributed by atoms with Crippen LogP contribution >= 0.6 is 7.60 Å². The molecule has 14 heavy (non-hydrogen) atoms. The Morgan fingerprint density at radius 3 is 2.29 bits per heavy atom. The lowest BCUT2D eigenvalue weighted by Gasteiger charge is -2.19. The Hall–Kier alpha value is -0.380. The Morgan fingerprint density at radius 1 is 1.43 bits per heavy atom. The Bertz CT molecular complexity index is 223. The standard InChI is InChI=1S/C8H18NO4P/c1-5-6-9-8(10)7(2)14(11,12-3)13-4/h7H,5-6H2,1-4H3,(H,9,10). The van der Waals surface area contributed by atoms with Crippen molar-refractivity contribution in [3.8, 4) is 0 Å². The van der Waals surface area contributed by atoms with Gasteiger partial charge >= 0.3 is 7.60 Å². The van der Waals surface area contributed by atoms with Crippen LogP contribution in [0.2, 0.25) is 0 Å². The molecule has 0 saturated carbocycles. The maximum Gasteiger partial charge on any atom is 0.342 e. The minimum atomic E-state index is -3.28. The van der Waals surface area contributed by atoms with Gasteiger partial charge in [0.05, 0.1) is 0 Å². The predicted octanol–water partition coefficient (Wildman–Crippen LogP) is 1.39. The topological polar surface area (TPSA) is 64.6 Å². The van der Waals surface area contributed by atoms with Crippen LogP contribution in [0.3, 0.4) is 0 Å². The Balaban J connectivity index is 4.36. The molecule has 1 N–H and O–H groups in total. The van der Waals surface area contributed by atoms with Crippen LogP contribution < -0.4 is 5.32 Å². The smallest absolute Gasteiger partial charge is 0.342 e. The van der Waals surface area contributed by atoms with Crippen molar-refractivity contribution in [1.82, 2.24) is 5.32 Å². The Kier molecular flexibility index (Phi) is 6.00. The van der Waals surface area contributed by atoms with Crippen molar-refractivity contribution in [1.29, 1.82) is 0 Å². The van der Waals surface area contributed by atoms with E-state index in [9.17, 15) is 9.36 Å². The SMILES string of the molecule is CCCNC(=O)C(C)P(=O)(OC)OC. The molecule has 0 fully saturated rings. The summed E-state index contributed by atoms with van der Waals surface area (Å²) in [7, 11) is -0.737. The van der Waals surface area contributed by atoms with Gasteiger partial charge in [0.1, 0.15) is 5.66 Å². The van der Waals surface area contributed by atoms with Gasteiger partial charge in [0, 0.05) is 20.8 Å². The van der Waals surface area contributed by atoms with Crippen LogP contribution in [-0.2, 0) is 18.4 Å². The lowest BCUT2D eigenvalue weighted by atomic mass is 10.4. The number of nitrogens with one attached hydrogen (secondary N) is 1. The zero-order valence-electron chi connectivity index (χ0n) is 9.07. The summed E-state index contributed by atoms with van der Waals surface area (Å²) in [5.41, 5.74) is -0.774. The summed E-state index contributed by atoms with van der Waals surface area (Å²) in [5, 5.41) is 2.64. The molecular formula is C8H18NO4P. The number of hydrogen-bond acceptors (Lipinski definition) is 4. The molecule has 1 atom stereocenters. The number of carbonyl (C=O) groups excluding carboxylic acids is 1. The van der Waals surface area contributed by atoms with Crippen LogP contribution in [0.5, 0.6) is 0 Å². The zero-order valence-corrected chi connectivity index (χ0v) is 9.97. The molecule has 0 radical (unpaired) electrons. The largest absolute Gasteiger partial charge is 0.355 e. The molecule has 0 heterocycles. The van der Waals surface area contributed by atoms with E-state index in [-0.39, 0.29) is 5.91 Å². The molecule has 0 aliphatic rings. The third-order valence-electron chi connectivity index (χ3n) is 1.91. The van der Waals surface area contributed by atoms with E-state index in [0.29, 0.717) is 6.54 Å². The summed E-state index contributed by atoms with van der Waals surface area (Å²) in [4.78, 5) is 11.4. The van der Waals surface area contributed by atoms with Crippen LogP contribution in [0.15, 0.2) is 0 Å². The third-order valence-corrected chi connectivity index (χ3v) is 4.11. The van der Waals surface area contributed by atoms with Crippen LogP contribution in [-0.4, -0.2) is 32.3 Å².